The van der Waals surface area contributed by atoms with Gasteiger partial charge in [0.05, 0.1) is 26.7 Å². The lowest BCUT2D eigenvalue weighted by atomic mass is 10.00. The Bertz CT molecular complexity index is 1440. The van der Waals surface area contributed by atoms with Crippen LogP contribution in [0.1, 0.15) is 27.4 Å². The first-order valence-corrected chi connectivity index (χ1v) is 12.2. The number of hydrogen-bond acceptors (Lipinski definition) is 4. The Morgan fingerprint density at radius 3 is 2.41 bits per heavy atom. The molecule has 12 heteroatoms. The van der Waals surface area contributed by atoms with E-state index in [9.17, 15) is 22.8 Å². The van der Waals surface area contributed by atoms with Crippen LogP contribution >= 0.6 is 46.4 Å². The van der Waals surface area contributed by atoms with Gasteiger partial charge in [0.1, 0.15) is 27.9 Å². The SMILES string of the molecule is Cc1cc(NCC2(C=O)C(c3ccc(F)c(Cl)c3)C2(Cl)Cl)cc(C(=O)Nc2ccc(F)c(N)c2F)c1Cl. The molecule has 0 bridgehead atoms. The van der Waals surface area contributed by atoms with Gasteiger partial charge in [-0.15, -0.1) is 0 Å². The summed E-state index contributed by atoms with van der Waals surface area (Å²) in [6.45, 7) is 1.60. The molecule has 4 N–H and O–H groups in total. The highest BCUT2D eigenvalue weighted by molar-refractivity contribution is 6.54. The summed E-state index contributed by atoms with van der Waals surface area (Å²) in [5.41, 5.74) is 4.35. The van der Waals surface area contributed by atoms with Crippen molar-refractivity contribution in [2.24, 2.45) is 5.41 Å². The molecule has 0 radical (unpaired) electrons. The number of alkyl halides is 2. The van der Waals surface area contributed by atoms with Crippen LogP contribution < -0.4 is 16.4 Å². The number of benzene rings is 3. The highest BCUT2D eigenvalue weighted by atomic mass is 35.5. The third-order valence-corrected chi connectivity index (χ3v) is 8.29. The third-order valence-electron chi connectivity index (χ3n) is 6.36. The Morgan fingerprint density at radius 2 is 1.76 bits per heavy atom. The number of aldehydes is 1. The Hall–Kier alpha value is -2.65. The van der Waals surface area contributed by atoms with Gasteiger partial charge in [-0.2, -0.15) is 0 Å². The van der Waals surface area contributed by atoms with E-state index in [0.717, 1.165) is 18.2 Å². The van der Waals surface area contributed by atoms with Gasteiger partial charge < -0.3 is 21.2 Å². The molecule has 5 nitrogen and oxygen atoms in total. The first-order chi connectivity index (χ1) is 17.3. The van der Waals surface area contributed by atoms with Crippen LogP contribution in [0.25, 0.3) is 0 Å². The lowest BCUT2D eigenvalue weighted by molar-refractivity contribution is -0.112. The lowest BCUT2D eigenvalue weighted by Crippen LogP contribution is -2.23. The molecule has 1 aliphatic rings. The van der Waals surface area contributed by atoms with E-state index in [1.807, 2.05) is 0 Å². The van der Waals surface area contributed by atoms with Crippen molar-refractivity contribution in [1.29, 1.82) is 0 Å². The van der Waals surface area contributed by atoms with Crippen molar-refractivity contribution < 1.29 is 22.8 Å². The summed E-state index contributed by atoms with van der Waals surface area (Å²) >= 11 is 25.2. The molecule has 3 aromatic rings. The van der Waals surface area contributed by atoms with Crippen LogP contribution in [0.15, 0.2) is 42.5 Å². The smallest absolute Gasteiger partial charge is 0.257 e. The summed E-state index contributed by atoms with van der Waals surface area (Å²) in [5, 5.41) is 5.33. The van der Waals surface area contributed by atoms with Crippen molar-refractivity contribution in [3.63, 3.8) is 0 Å². The molecule has 0 saturated heterocycles. The van der Waals surface area contributed by atoms with Crippen LogP contribution in [0.4, 0.5) is 30.2 Å². The normalized spacial score (nSPS) is 19.8. The molecule has 1 saturated carbocycles. The van der Waals surface area contributed by atoms with Gasteiger partial charge in [0.2, 0.25) is 0 Å². The first-order valence-electron chi connectivity index (χ1n) is 10.7. The molecule has 2 unspecified atom stereocenters. The summed E-state index contributed by atoms with van der Waals surface area (Å²) in [5.74, 6) is -4.17. The van der Waals surface area contributed by atoms with Gasteiger partial charge in [0.15, 0.2) is 5.82 Å². The molecular formula is C25H18Cl4F3N3O2. The van der Waals surface area contributed by atoms with Gasteiger partial charge in [-0.05, 0) is 54.4 Å². The van der Waals surface area contributed by atoms with Gasteiger partial charge in [0.25, 0.3) is 5.91 Å². The quantitative estimate of drug-likeness (QED) is 0.155. The average Bonchev–Trinajstić information content (AvgIpc) is 3.36. The molecule has 1 aliphatic carbocycles. The molecule has 0 aromatic heterocycles. The maximum atomic E-state index is 14.3. The highest BCUT2D eigenvalue weighted by Gasteiger charge is 2.76. The summed E-state index contributed by atoms with van der Waals surface area (Å²) in [7, 11) is 0. The molecular weight excluding hydrogens is 573 g/mol. The summed E-state index contributed by atoms with van der Waals surface area (Å²) in [4.78, 5) is 25.1. The van der Waals surface area contributed by atoms with Crippen LogP contribution in [0, 0.1) is 29.8 Å². The molecule has 4 rings (SSSR count). The third kappa shape index (κ3) is 4.72. The zero-order valence-electron chi connectivity index (χ0n) is 18.9. The molecule has 37 heavy (non-hydrogen) atoms. The zero-order valence-corrected chi connectivity index (χ0v) is 22.0. The highest BCUT2D eigenvalue weighted by Crippen LogP contribution is 2.73. The van der Waals surface area contributed by atoms with E-state index < -0.39 is 44.7 Å². The van der Waals surface area contributed by atoms with Crippen molar-refractivity contribution in [3.05, 3.63) is 86.7 Å². The van der Waals surface area contributed by atoms with Gasteiger partial charge in [-0.1, -0.05) is 52.5 Å². The molecule has 0 aliphatic heterocycles. The van der Waals surface area contributed by atoms with Gasteiger partial charge >= 0.3 is 0 Å². The number of hydrogen-bond donors (Lipinski definition) is 3. The molecule has 194 valence electrons. The predicted molar refractivity (Wildman–Crippen MR) is 140 cm³/mol. The number of nitrogens with two attached hydrogens (primary N) is 1. The molecule has 0 spiro atoms. The fourth-order valence-electron chi connectivity index (χ4n) is 4.22. The van der Waals surface area contributed by atoms with Crippen LogP contribution in [0.5, 0.6) is 0 Å². The monoisotopic (exact) mass is 589 g/mol. The van der Waals surface area contributed by atoms with Crippen molar-refractivity contribution in [1.82, 2.24) is 0 Å². The largest absolute Gasteiger partial charge is 0.394 e. The van der Waals surface area contributed by atoms with Gasteiger partial charge in [-0.25, -0.2) is 13.2 Å². The lowest BCUT2D eigenvalue weighted by Gasteiger charge is -2.16. The number of aryl methyl sites for hydroxylation is 1. The minimum absolute atomic E-state index is 0.0210. The van der Waals surface area contributed by atoms with E-state index in [1.165, 1.54) is 18.2 Å². The molecule has 2 atom stereocenters. The number of nitrogen functional groups attached to an aromatic ring is 1. The van der Waals surface area contributed by atoms with Crippen molar-refractivity contribution in [2.75, 3.05) is 22.9 Å². The first kappa shape index (κ1) is 27.4. The van der Waals surface area contributed by atoms with E-state index in [4.69, 9.17) is 52.1 Å². The topological polar surface area (TPSA) is 84.2 Å². The Balaban J connectivity index is 1.58. The molecule has 0 heterocycles. The Morgan fingerprint density at radius 1 is 1.08 bits per heavy atom. The summed E-state index contributed by atoms with van der Waals surface area (Å²) in [6.07, 6.45) is 0.625. The van der Waals surface area contributed by atoms with Gasteiger partial charge in [0, 0.05) is 18.2 Å². The second kappa shape index (κ2) is 9.91. The summed E-state index contributed by atoms with van der Waals surface area (Å²) in [6, 6.07) is 8.95. The maximum absolute atomic E-state index is 14.3. The Labute approximate surface area is 230 Å². The number of amides is 1. The van der Waals surface area contributed by atoms with E-state index in [-0.39, 0.29) is 27.8 Å². The fourth-order valence-corrected chi connectivity index (χ4v) is 5.58. The minimum Gasteiger partial charge on any atom is -0.394 e. The standard InChI is InChI=1S/C25H18Cl4F3N3O2/c1-11-6-13(8-14(19(11)27)23(37)35-18-5-4-17(31)21(33)20(18)32)34-9-24(10-36)22(25(24,28)29)12-2-3-16(30)15(26)7-12/h2-8,10,22,34H,9,33H2,1H3,(H,35,37). The van der Waals surface area contributed by atoms with E-state index in [0.29, 0.717) is 23.1 Å². The van der Waals surface area contributed by atoms with Crippen LogP contribution in [0.2, 0.25) is 10.0 Å². The number of carbonyl (C=O) groups is 2. The van der Waals surface area contributed by atoms with Crippen LogP contribution in [-0.4, -0.2) is 23.1 Å². The van der Waals surface area contributed by atoms with Crippen molar-refractivity contribution in [3.8, 4) is 0 Å². The van der Waals surface area contributed by atoms with E-state index >= 15 is 0 Å². The van der Waals surface area contributed by atoms with Crippen molar-refractivity contribution in [2.45, 2.75) is 17.2 Å². The van der Waals surface area contributed by atoms with Crippen molar-refractivity contribution >= 4 is 75.7 Å². The number of rotatable bonds is 7. The molecule has 1 amide bonds. The predicted octanol–water partition coefficient (Wildman–Crippen LogP) is 7.12. The fraction of sp³-hybridized carbons (Fsp3) is 0.200. The van der Waals surface area contributed by atoms with E-state index in [1.54, 1.807) is 13.0 Å². The molecule has 1 fully saturated rings. The maximum Gasteiger partial charge on any atom is 0.257 e. The average molecular weight is 591 g/mol. The molecule has 3 aromatic carbocycles. The Kier molecular flexibility index (Phi) is 7.33. The second-order valence-corrected chi connectivity index (χ2v) is 10.8. The van der Waals surface area contributed by atoms with Gasteiger partial charge in [-0.3, -0.25) is 4.79 Å². The number of nitrogens with one attached hydrogen (secondary N) is 2. The number of carbonyl (C=O) groups excluding carboxylic acids is 2. The van der Waals surface area contributed by atoms with Crippen LogP contribution in [0.3, 0.4) is 0 Å². The number of halogens is 7. The van der Waals surface area contributed by atoms with E-state index in [2.05, 4.69) is 10.6 Å². The number of anilines is 3. The summed E-state index contributed by atoms with van der Waals surface area (Å²) < 4.78 is 39.9. The second-order valence-electron chi connectivity index (χ2n) is 8.67. The minimum atomic E-state index is -1.51. The van der Waals surface area contributed by atoms with Crippen LogP contribution in [-0.2, 0) is 4.79 Å². The zero-order chi connectivity index (χ0) is 27.3.